The summed E-state index contributed by atoms with van der Waals surface area (Å²) in [4.78, 5) is 6.81. The summed E-state index contributed by atoms with van der Waals surface area (Å²) in [6, 6.07) is 23.7. The summed E-state index contributed by atoms with van der Waals surface area (Å²) >= 11 is 18.1. The Kier molecular flexibility index (Phi) is 5.87. The minimum absolute atomic E-state index is 0.0826. The molecule has 33 heavy (non-hydrogen) atoms. The highest BCUT2D eigenvalue weighted by atomic mass is 35.5. The molecule has 0 spiro atoms. The Morgan fingerprint density at radius 3 is 2.12 bits per heavy atom. The van der Waals surface area contributed by atoms with Crippen LogP contribution < -0.4 is 10.2 Å². The van der Waals surface area contributed by atoms with Crippen molar-refractivity contribution in [3.63, 3.8) is 0 Å². The molecule has 2 aromatic carbocycles. The third-order valence-electron chi connectivity index (χ3n) is 6.08. The summed E-state index contributed by atoms with van der Waals surface area (Å²) < 4.78 is 2.25. The van der Waals surface area contributed by atoms with Gasteiger partial charge in [-0.15, -0.1) is 0 Å². The van der Waals surface area contributed by atoms with Crippen molar-refractivity contribution < 1.29 is 0 Å². The largest absolute Gasteiger partial charge is 0.351 e. The molecule has 0 amide bonds. The van der Waals surface area contributed by atoms with Crippen molar-refractivity contribution in [3.05, 3.63) is 112 Å². The first-order chi connectivity index (χ1) is 15.9. The molecule has 0 bridgehead atoms. The van der Waals surface area contributed by atoms with Gasteiger partial charge in [0.25, 0.3) is 0 Å². The van der Waals surface area contributed by atoms with E-state index < -0.39 is 0 Å². The van der Waals surface area contributed by atoms with Crippen LogP contribution in [0.15, 0.2) is 79.0 Å². The van der Waals surface area contributed by atoms with Crippen molar-refractivity contribution in [2.45, 2.75) is 25.9 Å². The normalized spacial score (nSPS) is 17.9. The van der Waals surface area contributed by atoms with E-state index in [0.717, 1.165) is 33.5 Å². The zero-order valence-corrected chi connectivity index (χ0v) is 20.5. The Labute approximate surface area is 208 Å². The molecule has 7 heteroatoms. The van der Waals surface area contributed by atoms with Crippen molar-refractivity contribution in [2.75, 3.05) is 4.90 Å². The maximum Gasteiger partial charge on any atom is 0.174 e. The molecule has 0 unspecified atom stereocenters. The fraction of sp³-hybridized carbons (Fsp3) is 0.154. The number of nitrogens with zero attached hydrogens (tertiary/aromatic N) is 3. The number of aryl methyl sites for hydroxylation is 1. The van der Waals surface area contributed by atoms with Crippen LogP contribution >= 0.6 is 35.4 Å². The minimum Gasteiger partial charge on any atom is -0.351 e. The molecular weight excluding hydrogens is 471 g/mol. The number of anilines is 1. The van der Waals surface area contributed by atoms with Gasteiger partial charge in [-0.2, -0.15) is 0 Å². The smallest absolute Gasteiger partial charge is 0.174 e. The average Bonchev–Trinajstić information content (AvgIpc) is 3.31. The number of aromatic nitrogens is 2. The van der Waals surface area contributed by atoms with E-state index in [1.54, 1.807) is 0 Å². The van der Waals surface area contributed by atoms with Crippen LogP contribution in [-0.4, -0.2) is 14.7 Å². The number of nitrogens with one attached hydrogen (secondary N) is 1. The van der Waals surface area contributed by atoms with Crippen LogP contribution in [0.3, 0.4) is 0 Å². The van der Waals surface area contributed by atoms with E-state index in [2.05, 4.69) is 39.7 Å². The predicted octanol–water partition coefficient (Wildman–Crippen LogP) is 6.97. The molecule has 1 aliphatic rings. The van der Waals surface area contributed by atoms with Crippen molar-refractivity contribution in [3.8, 4) is 5.69 Å². The van der Waals surface area contributed by atoms with Gasteiger partial charge in [-0.25, -0.2) is 0 Å². The third kappa shape index (κ3) is 4.01. The monoisotopic (exact) mass is 492 g/mol. The molecule has 1 N–H and O–H groups in total. The lowest BCUT2D eigenvalue weighted by molar-refractivity contribution is 0.565. The van der Waals surface area contributed by atoms with Gasteiger partial charge in [0.15, 0.2) is 5.11 Å². The van der Waals surface area contributed by atoms with Gasteiger partial charge in [0.2, 0.25) is 0 Å². The standard InChI is InChI=1S/C26H22Cl2N4S/c1-16-15-22(17(2)31(16)20-10-6-18(27)7-11-20)25-24(23-5-3-4-14-29-23)30-26(33)32(25)21-12-8-19(28)9-13-21/h3-15,24-25H,1-2H3,(H,30,33)/t24-,25+/m1/s1. The summed E-state index contributed by atoms with van der Waals surface area (Å²) in [7, 11) is 0. The highest BCUT2D eigenvalue weighted by Gasteiger charge is 2.42. The summed E-state index contributed by atoms with van der Waals surface area (Å²) in [5, 5.41) is 5.59. The Morgan fingerprint density at radius 1 is 0.879 bits per heavy atom. The van der Waals surface area contributed by atoms with Gasteiger partial charge in [0.05, 0.1) is 17.8 Å². The molecular formula is C26H22Cl2N4S. The van der Waals surface area contributed by atoms with Gasteiger partial charge in [0, 0.05) is 39.0 Å². The van der Waals surface area contributed by atoms with Gasteiger partial charge in [-0.1, -0.05) is 29.3 Å². The van der Waals surface area contributed by atoms with Gasteiger partial charge in [0.1, 0.15) is 0 Å². The van der Waals surface area contributed by atoms with Crippen LogP contribution in [0, 0.1) is 13.8 Å². The van der Waals surface area contributed by atoms with Gasteiger partial charge in [-0.05, 0) is 98.4 Å². The van der Waals surface area contributed by atoms with Crippen molar-refractivity contribution in [2.24, 2.45) is 0 Å². The van der Waals surface area contributed by atoms with E-state index in [1.807, 2.05) is 72.9 Å². The maximum absolute atomic E-state index is 6.17. The molecule has 2 atom stereocenters. The second kappa shape index (κ2) is 8.82. The second-order valence-electron chi connectivity index (χ2n) is 8.11. The van der Waals surface area contributed by atoms with Gasteiger partial charge >= 0.3 is 0 Å². The first kappa shape index (κ1) is 22.0. The molecule has 0 aliphatic carbocycles. The highest BCUT2D eigenvalue weighted by Crippen LogP contribution is 2.43. The first-order valence-electron chi connectivity index (χ1n) is 10.6. The Hall–Kier alpha value is -2.86. The lowest BCUT2D eigenvalue weighted by Crippen LogP contribution is -2.29. The molecule has 1 aliphatic heterocycles. The van der Waals surface area contributed by atoms with Crippen LogP contribution in [0.2, 0.25) is 10.0 Å². The molecule has 1 saturated heterocycles. The van der Waals surface area contributed by atoms with E-state index in [9.17, 15) is 0 Å². The lowest BCUT2D eigenvalue weighted by atomic mass is 9.96. The summed E-state index contributed by atoms with van der Waals surface area (Å²) in [6.45, 7) is 4.27. The number of benzene rings is 2. The SMILES string of the molecule is Cc1cc([C@H]2[C@@H](c3ccccn3)NC(=S)N2c2ccc(Cl)cc2)c(C)n1-c1ccc(Cl)cc1. The summed E-state index contributed by atoms with van der Waals surface area (Å²) in [5.41, 5.74) is 6.46. The maximum atomic E-state index is 6.17. The quantitative estimate of drug-likeness (QED) is 0.311. The van der Waals surface area contributed by atoms with E-state index >= 15 is 0 Å². The van der Waals surface area contributed by atoms with E-state index in [0.29, 0.717) is 10.1 Å². The van der Waals surface area contributed by atoms with E-state index in [4.69, 9.17) is 35.4 Å². The van der Waals surface area contributed by atoms with Crippen LogP contribution in [0.1, 0.15) is 34.7 Å². The number of hydrogen-bond donors (Lipinski definition) is 1. The Balaban J connectivity index is 1.67. The number of rotatable bonds is 4. The lowest BCUT2D eigenvalue weighted by Gasteiger charge is -2.28. The molecule has 0 radical (unpaired) electrons. The number of hydrogen-bond acceptors (Lipinski definition) is 2. The summed E-state index contributed by atoms with van der Waals surface area (Å²) in [5.74, 6) is 0. The minimum atomic E-state index is -0.103. The average molecular weight is 493 g/mol. The van der Waals surface area contributed by atoms with E-state index in [-0.39, 0.29) is 12.1 Å². The zero-order chi connectivity index (χ0) is 23.1. The summed E-state index contributed by atoms with van der Waals surface area (Å²) in [6.07, 6.45) is 1.82. The van der Waals surface area contributed by atoms with Crippen molar-refractivity contribution >= 4 is 46.2 Å². The van der Waals surface area contributed by atoms with Crippen LogP contribution in [0.4, 0.5) is 5.69 Å². The number of pyridine rings is 1. The predicted molar refractivity (Wildman–Crippen MR) is 140 cm³/mol. The van der Waals surface area contributed by atoms with Crippen molar-refractivity contribution in [1.82, 2.24) is 14.9 Å². The Bertz CT molecular complexity index is 1300. The zero-order valence-electron chi connectivity index (χ0n) is 18.2. The van der Waals surface area contributed by atoms with Crippen LogP contribution in [0.25, 0.3) is 5.69 Å². The van der Waals surface area contributed by atoms with Gasteiger partial charge in [-0.3, -0.25) is 4.98 Å². The highest BCUT2D eigenvalue weighted by molar-refractivity contribution is 7.80. The molecule has 2 aromatic heterocycles. The fourth-order valence-electron chi connectivity index (χ4n) is 4.63. The fourth-order valence-corrected chi connectivity index (χ4v) is 5.22. The molecule has 4 aromatic rings. The Morgan fingerprint density at radius 2 is 1.52 bits per heavy atom. The second-order valence-corrected chi connectivity index (χ2v) is 9.37. The number of thiocarbonyl (C=S) groups is 1. The van der Waals surface area contributed by atoms with Crippen molar-refractivity contribution in [1.29, 1.82) is 0 Å². The van der Waals surface area contributed by atoms with Crippen LogP contribution in [-0.2, 0) is 0 Å². The molecule has 166 valence electrons. The van der Waals surface area contributed by atoms with Crippen LogP contribution in [0.5, 0.6) is 0 Å². The molecule has 0 saturated carbocycles. The molecule has 3 heterocycles. The number of halogens is 2. The van der Waals surface area contributed by atoms with E-state index in [1.165, 1.54) is 5.56 Å². The topological polar surface area (TPSA) is 33.1 Å². The van der Waals surface area contributed by atoms with Gasteiger partial charge < -0.3 is 14.8 Å². The third-order valence-corrected chi connectivity index (χ3v) is 6.90. The first-order valence-corrected chi connectivity index (χ1v) is 11.8. The molecule has 4 nitrogen and oxygen atoms in total. The molecule has 1 fully saturated rings. The molecule has 5 rings (SSSR count).